The predicted octanol–water partition coefficient (Wildman–Crippen LogP) is 5.29. The van der Waals surface area contributed by atoms with Crippen molar-refractivity contribution in [3.63, 3.8) is 0 Å². The van der Waals surface area contributed by atoms with Crippen LogP contribution in [-0.4, -0.2) is 27.1 Å². The maximum absolute atomic E-state index is 6.28. The van der Waals surface area contributed by atoms with E-state index in [1.54, 1.807) is 6.08 Å². The highest BCUT2D eigenvalue weighted by atomic mass is 28.4. The Labute approximate surface area is 159 Å². The van der Waals surface area contributed by atoms with Gasteiger partial charge in [0, 0.05) is 0 Å². The Morgan fingerprint density at radius 3 is 2.54 bits per heavy atom. The molecular formula is C21H35NO3Si. The molecule has 0 amide bonds. The number of nitrogens with two attached hydrogens (primary N) is 1. The van der Waals surface area contributed by atoms with Crippen LogP contribution in [0.3, 0.4) is 0 Å². The summed E-state index contributed by atoms with van der Waals surface area (Å²) < 4.78 is 18.2. The molecule has 1 aromatic carbocycles. The van der Waals surface area contributed by atoms with Gasteiger partial charge < -0.3 is 19.6 Å². The third-order valence-corrected chi connectivity index (χ3v) is 10.1. The molecule has 5 heteroatoms. The Kier molecular flexibility index (Phi) is 6.94. The van der Waals surface area contributed by atoms with Gasteiger partial charge >= 0.3 is 0 Å². The molecule has 0 unspecified atom stereocenters. The average Bonchev–Trinajstić information content (AvgIpc) is 2.99. The minimum Gasteiger partial charge on any atom is -0.486 e. The molecule has 26 heavy (non-hydrogen) atoms. The van der Waals surface area contributed by atoms with Crippen molar-refractivity contribution in [2.24, 2.45) is 0 Å². The van der Waals surface area contributed by atoms with Gasteiger partial charge in [0.05, 0.1) is 25.0 Å². The summed E-state index contributed by atoms with van der Waals surface area (Å²) in [6.45, 7) is 16.1. The van der Waals surface area contributed by atoms with E-state index in [2.05, 4.69) is 40.4 Å². The van der Waals surface area contributed by atoms with Crippen molar-refractivity contribution in [3.8, 4) is 5.75 Å². The van der Waals surface area contributed by atoms with Crippen LogP contribution in [-0.2, 0) is 15.8 Å². The number of benzene rings is 1. The molecule has 146 valence electrons. The summed E-state index contributed by atoms with van der Waals surface area (Å²) in [5.41, 5.74) is 8.00. The first kappa shape index (κ1) is 21.0. The number of hydrogen-bond donors (Lipinski definition) is 1. The zero-order valence-corrected chi connectivity index (χ0v) is 18.0. The van der Waals surface area contributed by atoms with Gasteiger partial charge in [0.2, 0.25) is 0 Å². The standard InChI is InChI=1S/C21H35NO3Si/c1-7-13-23-19-9-8-10-20(19)25-18-12-11-16(14-17(18)22)15-24-26(5,6)21(2,3)4/h7,11-12,14,19-20H,1,8-10,13,15,22H2,2-6H3/t19-,20-/m1/s1. The Balaban J connectivity index is 1.98. The number of ether oxygens (including phenoxy) is 2. The second kappa shape index (κ2) is 8.59. The quantitative estimate of drug-likeness (QED) is 0.380. The van der Waals surface area contributed by atoms with E-state index in [0.717, 1.165) is 30.6 Å². The topological polar surface area (TPSA) is 53.7 Å². The lowest BCUT2D eigenvalue weighted by Crippen LogP contribution is -2.40. The van der Waals surface area contributed by atoms with Crippen molar-refractivity contribution in [3.05, 3.63) is 36.4 Å². The summed E-state index contributed by atoms with van der Waals surface area (Å²) >= 11 is 0. The van der Waals surface area contributed by atoms with Crippen LogP contribution < -0.4 is 10.5 Å². The second-order valence-corrected chi connectivity index (χ2v) is 13.5. The molecule has 0 radical (unpaired) electrons. The largest absolute Gasteiger partial charge is 0.486 e. The lowest BCUT2D eigenvalue weighted by molar-refractivity contribution is 0.00580. The van der Waals surface area contributed by atoms with Crippen LogP contribution in [0.1, 0.15) is 45.6 Å². The van der Waals surface area contributed by atoms with E-state index >= 15 is 0 Å². The molecule has 1 fully saturated rings. The normalized spacial score (nSPS) is 21.0. The van der Waals surface area contributed by atoms with Crippen LogP contribution >= 0.6 is 0 Å². The molecular weight excluding hydrogens is 342 g/mol. The van der Waals surface area contributed by atoms with Crippen molar-refractivity contribution in [1.29, 1.82) is 0 Å². The van der Waals surface area contributed by atoms with E-state index in [4.69, 9.17) is 19.6 Å². The SMILES string of the molecule is C=CCO[C@@H]1CCC[C@H]1Oc1ccc(CO[Si](C)(C)C(C)(C)C)cc1N. The molecule has 1 saturated carbocycles. The van der Waals surface area contributed by atoms with Gasteiger partial charge in [-0.2, -0.15) is 0 Å². The number of anilines is 1. The zero-order chi connectivity index (χ0) is 19.4. The predicted molar refractivity (Wildman–Crippen MR) is 111 cm³/mol. The molecule has 0 aliphatic heterocycles. The molecule has 2 atom stereocenters. The van der Waals surface area contributed by atoms with E-state index in [1.165, 1.54) is 0 Å². The van der Waals surface area contributed by atoms with Gasteiger partial charge in [-0.15, -0.1) is 6.58 Å². The van der Waals surface area contributed by atoms with Gasteiger partial charge in [-0.05, 0) is 55.1 Å². The van der Waals surface area contributed by atoms with Gasteiger partial charge in [0.25, 0.3) is 0 Å². The Morgan fingerprint density at radius 1 is 1.23 bits per heavy atom. The first-order valence-corrected chi connectivity index (χ1v) is 12.5. The van der Waals surface area contributed by atoms with E-state index in [1.807, 2.05) is 18.2 Å². The second-order valence-electron chi connectivity index (χ2n) is 8.67. The lowest BCUT2D eigenvalue weighted by Gasteiger charge is -2.36. The molecule has 1 aliphatic rings. The summed E-state index contributed by atoms with van der Waals surface area (Å²) in [6, 6.07) is 5.98. The molecule has 2 rings (SSSR count). The average molecular weight is 378 g/mol. The Hall–Kier alpha value is -1.30. The van der Waals surface area contributed by atoms with Gasteiger partial charge in [0.1, 0.15) is 11.9 Å². The number of rotatable bonds is 8. The molecule has 2 N–H and O–H groups in total. The minimum atomic E-state index is -1.77. The minimum absolute atomic E-state index is 0.0616. The first-order chi connectivity index (χ1) is 12.1. The van der Waals surface area contributed by atoms with Crippen LogP contribution in [0.2, 0.25) is 18.1 Å². The van der Waals surface area contributed by atoms with Crippen molar-refractivity contribution in [2.75, 3.05) is 12.3 Å². The van der Waals surface area contributed by atoms with Crippen LogP contribution in [0.5, 0.6) is 5.75 Å². The number of nitrogen functional groups attached to an aromatic ring is 1. The third-order valence-electron chi connectivity index (χ3n) is 5.58. The highest BCUT2D eigenvalue weighted by Crippen LogP contribution is 2.37. The van der Waals surface area contributed by atoms with E-state index in [-0.39, 0.29) is 17.2 Å². The summed E-state index contributed by atoms with van der Waals surface area (Å²) in [5, 5.41) is 0.199. The molecule has 0 aromatic heterocycles. The lowest BCUT2D eigenvalue weighted by atomic mass is 10.2. The van der Waals surface area contributed by atoms with E-state index in [0.29, 0.717) is 18.9 Å². The highest BCUT2D eigenvalue weighted by molar-refractivity contribution is 6.74. The van der Waals surface area contributed by atoms with Crippen molar-refractivity contribution in [2.45, 2.75) is 77.0 Å². The van der Waals surface area contributed by atoms with E-state index < -0.39 is 8.32 Å². The van der Waals surface area contributed by atoms with Gasteiger partial charge in [-0.25, -0.2) is 0 Å². The maximum atomic E-state index is 6.28. The van der Waals surface area contributed by atoms with Crippen LogP contribution in [0.25, 0.3) is 0 Å². The molecule has 0 saturated heterocycles. The fraction of sp³-hybridized carbons (Fsp3) is 0.619. The van der Waals surface area contributed by atoms with Crippen LogP contribution in [0.4, 0.5) is 5.69 Å². The molecule has 1 aliphatic carbocycles. The van der Waals surface area contributed by atoms with Crippen LogP contribution in [0.15, 0.2) is 30.9 Å². The zero-order valence-electron chi connectivity index (χ0n) is 17.0. The molecule has 1 aromatic rings. The van der Waals surface area contributed by atoms with Crippen molar-refractivity contribution in [1.82, 2.24) is 0 Å². The summed E-state index contributed by atoms with van der Waals surface area (Å²) in [5.74, 6) is 0.736. The summed E-state index contributed by atoms with van der Waals surface area (Å²) in [6.07, 6.45) is 5.10. The molecule has 0 heterocycles. The van der Waals surface area contributed by atoms with Crippen LogP contribution in [0, 0.1) is 0 Å². The summed E-state index contributed by atoms with van der Waals surface area (Å²) in [4.78, 5) is 0. The molecule has 0 bridgehead atoms. The van der Waals surface area contributed by atoms with Crippen molar-refractivity contribution < 1.29 is 13.9 Å². The fourth-order valence-electron chi connectivity index (χ4n) is 2.85. The first-order valence-electron chi connectivity index (χ1n) is 9.55. The van der Waals surface area contributed by atoms with Gasteiger partial charge in [-0.1, -0.05) is 32.9 Å². The van der Waals surface area contributed by atoms with E-state index in [9.17, 15) is 0 Å². The molecule has 4 nitrogen and oxygen atoms in total. The molecule has 0 spiro atoms. The van der Waals surface area contributed by atoms with Gasteiger partial charge in [0.15, 0.2) is 8.32 Å². The van der Waals surface area contributed by atoms with Crippen molar-refractivity contribution >= 4 is 14.0 Å². The maximum Gasteiger partial charge on any atom is 0.192 e. The highest BCUT2D eigenvalue weighted by Gasteiger charge is 2.37. The monoisotopic (exact) mass is 377 g/mol. The summed E-state index contributed by atoms with van der Waals surface area (Å²) in [7, 11) is -1.77. The smallest absolute Gasteiger partial charge is 0.192 e. The number of hydrogen-bond acceptors (Lipinski definition) is 4. The Bertz CT molecular complexity index is 610. The van der Waals surface area contributed by atoms with Gasteiger partial charge in [-0.3, -0.25) is 0 Å². The Morgan fingerprint density at radius 2 is 1.92 bits per heavy atom. The third kappa shape index (κ3) is 5.35. The fourth-order valence-corrected chi connectivity index (χ4v) is 3.81.